The summed E-state index contributed by atoms with van der Waals surface area (Å²) >= 11 is 0. The van der Waals surface area contributed by atoms with Gasteiger partial charge in [-0.05, 0) is 37.0 Å². The summed E-state index contributed by atoms with van der Waals surface area (Å²) < 4.78 is 41.7. The van der Waals surface area contributed by atoms with E-state index in [2.05, 4.69) is 0 Å². The van der Waals surface area contributed by atoms with E-state index in [-0.39, 0.29) is 6.42 Å². The third-order valence-electron chi connectivity index (χ3n) is 2.98. The molecule has 0 saturated heterocycles. The SMILES string of the molecule is COc1cccc(CCCC(CC(F)(F)F)C(=O)O)c1. The monoisotopic (exact) mass is 290 g/mol. The lowest BCUT2D eigenvalue weighted by Gasteiger charge is -2.14. The lowest BCUT2D eigenvalue weighted by atomic mass is 9.96. The van der Waals surface area contributed by atoms with Crippen molar-refractivity contribution in [2.75, 3.05) is 7.11 Å². The summed E-state index contributed by atoms with van der Waals surface area (Å²) in [6, 6.07) is 7.19. The van der Waals surface area contributed by atoms with E-state index in [1.165, 1.54) is 7.11 Å². The predicted molar refractivity (Wildman–Crippen MR) is 67.7 cm³/mol. The van der Waals surface area contributed by atoms with Gasteiger partial charge in [0.1, 0.15) is 5.75 Å². The minimum Gasteiger partial charge on any atom is -0.497 e. The van der Waals surface area contributed by atoms with Gasteiger partial charge < -0.3 is 9.84 Å². The van der Waals surface area contributed by atoms with E-state index < -0.39 is 24.5 Å². The molecule has 1 N–H and O–H groups in total. The van der Waals surface area contributed by atoms with Crippen LogP contribution in [0, 0.1) is 5.92 Å². The molecule has 1 aromatic rings. The van der Waals surface area contributed by atoms with Gasteiger partial charge in [-0.2, -0.15) is 13.2 Å². The van der Waals surface area contributed by atoms with Crippen LogP contribution < -0.4 is 4.74 Å². The number of aryl methyl sites for hydroxylation is 1. The van der Waals surface area contributed by atoms with Crippen LogP contribution >= 0.6 is 0 Å². The van der Waals surface area contributed by atoms with Crippen LogP contribution in [0.2, 0.25) is 0 Å². The number of ether oxygens (including phenoxy) is 1. The highest BCUT2D eigenvalue weighted by molar-refractivity contribution is 5.69. The first-order chi connectivity index (χ1) is 9.31. The van der Waals surface area contributed by atoms with Crippen LogP contribution in [-0.4, -0.2) is 24.4 Å². The van der Waals surface area contributed by atoms with Gasteiger partial charge in [-0.15, -0.1) is 0 Å². The Kier molecular flexibility index (Phi) is 5.85. The molecule has 6 heteroatoms. The standard InChI is InChI=1S/C14H17F3O3/c1-20-12-7-3-5-10(8-12)4-2-6-11(13(18)19)9-14(15,16)17/h3,5,7-8,11H,2,4,6,9H2,1H3,(H,18,19). The second-order valence-electron chi connectivity index (χ2n) is 4.60. The number of halogens is 3. The molecule has 0 fully saturated rings. The van der Waals surface area contributed by atoms with E-state index in [0.29, 0.717) is 18.6 Å². The molecule has 1 rings (SSSR count). The fourth-order valence-corrected chi connectivity index (χ4v) is 1.97. The topological polar surface area (TPSA) is 46.5 Å². The van der Waals surface area contributed by atoms with Gasteiger partial charge in [0.2, 0.25) is 0 Å². The molecule has 0 amide bonds. The van der Waals surface area contributed by atoms with Crippen molar-refractivity contribution in [1.29, 1.82) is 0 Å². The van der Waals surface area contributed by atoms with Crippen LogP contribution in [0.5, 0.6) is 5.75 Å². The number of carbonyl (C=O) groups is 1. The minimum atomic E-state index is -4.45. The van der Waals surface area contributed by atoms with Crippen molar-refractivity contribution in [3.05, 3.63) is 29.8 Å². The molecule has 112 valence electrons. The summed E-state index contributed by atoms with van der Waals surface area (Å²) in [7, 11) is 1.53. The smallest absolute Gasteiger partial charge is 0.389 e. The maximum Gasteiger partial charge on any atom is 0.389 e. The zero-order valence-corrected chi connectivity index (χ0v) is 11.1. The zero-order chi connectivity index (χ0) is 15.2. The van der Waals surface area contributed by atoms with Gasteiger partial charge in [-0.1, -0.05) is 12.1 Å². The van der Waals surface area contributed by atoms with Gasteiger partial charge in [0.05, 0.1) is 19.4 Å². The maximum atomic E-state index is 12.2. The van der Waals surface area contributed by atoms with Crippen molar-refractivity contribution in [2.24, 2.45) is 5.92 Å². The predicted octanol–water partition coefficient (Wildman–Crippen LogP) is 3.67. The Balaban J connectivity index is 2.49. The average molecular weight is 290 g/mol. The lowest BCUT2D eigenvalue weighted by Crippen LogP contribution is -2.22. The Hall–Kier alpha value is -1.72. The fraction of sp³-hybridized carbons (Fsp3) is 0.500. The van der Waals surface area contributed by atoms with Crippen molar-refractivity contribution < 1.29 is 27.8 Å². The van der Waals surface area contributed by atoms with Crippen LogP contribution in [0.1, 0.15) is 24.8 Å². The first-order valence-corrected chi connectivity index (χ1v) is 6.24. The van der Waals surface area contributed by atoms with Crippen molar-refractivity contribution in [3.8, 4) is 5.75 Å². The molecule has 0 aliphatic carbocycles. The molecular weight excluding hydrogens is 273 g/mol. The van der Waals surface area contributed by atoms with Gasteiger partial charge >= 0.3 is 12.1 Å². The third-order valence-corrected chi connectivity index (χ3v) is 2.98. The number of methoxy groups -OCH3 is 1. The van der Waals surface area contributed by atoms with E-state index in [4.69, 9.17) is 9.84 Å². The molecule has 3 nitrogen and oxygen atoms in total. The number of hydrogen-bond acceptors (Lipinski definition) is 2. The van der Waals surface area contributed by atoms with E-state index in [1.54, 1.807) is 18.2 Å². The van der Waals surface area contributed by atoms with E-state index in [1.807, 2.05) is 6.07 Å². The molecule has 0 aliphatic rings. The summed E-state index contributed by atoms with van der Waals surface area (Å²) in [5, 5.41) is 8.80. The van der Waals surface area contributed by atoms with Crippen molar-refractivity contribution in [2.45, 2.75) is 31.9 Å². The summed E-state index contributed by atoms with van der Waals surface area (Å²) in [4.78, 5) is 10.8. The molecule has 0 aliphatic heterocycles. The summed E-state index contributed by atoms with van der Waals surface area (Å²) in [5.41, 5.74) is 0.917. The van der Waals surface area contributed by atoms with Crippen LogP contribution in [0.3, 0.4) is 0 Å². The first kappa shape index (κ1) is 16.3. The van der Waals surface area contributed by atoms with Gasteiger partial charge in [0, 0.05) is 0 Å². The molecule has 1 unspecified atom stereocenters. The summed E-state index contributed by atoms with van der Waals surface area (Å²) in [5.74, 6) is -2.10. The zero-order valence-electron chi connectivity index (χ0n) is 11.1. The van der Waals surface area contributed by atoms with Crippen molar-refractivity contribution in [1.82, 2.24) is 0 Å². The van der Waals surface area contributed by atoms with E-state index >= 15 is 0 Å². The molecule has 1 aromatic carbocycles. The van der Waals surface area contributed by atoms with Gasteiger partial charge in [-0.3, -0.25) is 4.79 Å². The molecule has 0 spiro atoms. The number of alkyl halides is 3. The summed E-state index contributed by atoms with van der Waals surface area (Å²) in [6.07, 6.45) is -4.80. The lowest BCUT2D eigenvalue weighted by molar-refractivity contribution is -0.164. The second kappa shape index (κ2) is 7.17. The van der Waals surface area contributed by atoms with Crippen LogP contribution in [0.15, 0.2) is 24.3 Å². The van der Waals surface area contributed by atoms with Gasteiger partial charge in [0.25, 0.3) is 0 Å². The second-order valence-corrected chi connectivity index (χ2v) is 4.60. The number of carboxylic acids is 1. The number of benzene rings is 1. The highest BCUT2D eigenvalue weighted by Gasteiger charge is 2.34. The van der Waals surface area contributed by atoms with E-state index in [9.17, 15) is 18.0 Å². The molecule has 0 radical (unpaired) electrons. The Bertz CT molecular complexity index is 444. The Labute approximate surface area is 115 Å². The molecule has 0 heterocycles. The van der Waals surface area contributed by atoms with E-state index in [0.717, 1.165) is 5.56 Å². The normalized spacial score (nSPS) is 13.0. The Morgan fingerprint density at radius 2 is 2.10 bits per heavy atom. The fourth-order valence-electron chi connectivity index (χ4n) is 1.97. The number of rotatable bonds is 7. The van der Waals surface area contributed by atoms with Crippen molar-refractivity contribution in [3.63, 3.8) is 0 Å². The number of aliphatic carboxylic acids is 1. The largest absolute Gasteiger partial charge is 0.497 e. The molecule has 0 aromatic heterocycles. The maximum absolute atomic E-state index is 12.2. The highest BCUT2D eigenvalue weighted by atomic mass is 19.4. The van der Waals surface area contributed by atoms with Gasteiger partial charge in [0.15, 0.2) is 0 Å². The van der Waals surface area contributed by atoms with Crippen LogP contribution in [0.4, 0.5) is 13.2 Å². The number of carboxylic acid groups (broad SMARTS) is 1. The summed E-state index contributed by atoms with van der Waals surface area (Å²) in [6.45, 7) is 0. The number of hydrogen-bond donors (Lipinski definition) is 1. The first-order valence-electron chi connectivity index (χ1n) is 6.24. The Morgan fingerprint density at radius 1 is 1.40 bits per heavy atom. The van der Waals surface area contributed by atoms with Crippen LogP contribution in [-0.2, 0) is 11.2 Å². The molecule has 20 heavy (non-hydrogen) atoms. The minimum absolute atomic E-state index is 0.00601. The van der Waals surface area contributed by atoms with Crippen LogP contribution in [0.25, 0.3) is 0 Å². The molecule has 0 saturated carbocycles. The van der Waals surface area contributed by atoms with Gasteiger partial charge in [-0.25, -0.2) is 0 Å². The molecule has 1 atom stereocenters. The molecular formula is C14H17F3O3. The quantitative estimate of drug-likeness (QED) is 0.833. The molecule has 0 bridgehead atoms. The average Bonchev–Trinajstić information content (AvgIpc) is 2.36. The highest BCUT2D eigenvalue weighted by Crippen LogP contribution is 2.28. The third kappa shape index (κ3) is 5.95. The van der Waals surface area contributed by atoms with Crippen molar-refractivity contribution >= 4 is 5.97 Å². The Morgan fingerprint density at radius 3 is 2.65 bits per heavy atom.